The number of rotatable bonds is 1. The number of nitrogens with zero attached hydrogens (tertiary/aromatic N) is 2. The number of aromatic nitrogens is 2. The van der Waals surface area contributed by atoms with Crippen LogP contribution < -0.4 is 5.32 Å². The van der Waals surface area contributed by atoms with Crippen molar-refractivity contribution in [3.63, 3.8) is 0 Å². The van der Waals surface area contributed by atoms with Crippen LogP contribution in [-0.2, 0) is 0 Å². The van der Waals surface area contributed by atoms with E-state index >= 15 is 0 Å². The molecular weight excluding hydrogens is 166 g/mol. The minimum Gasteiger partial charge on any atom is -0.355 e. The first-order chi connectivity index (χ1) is 6.06. The Labute approximate surface area is 77.4 Å². The summed E-state index contributed by atoms with van der Waals surface area (Å²) in [5.74, 6) is 0.567. The second-order valence-electron chi connectivity index (χ2n) is 2.90. The largest absolute Gasteiger partial charge is 0.355 e. The molecular formula is C9H13N3O. The van der Waals surface area contributed by atoms with Gasteiger partial charge in [0.2, 0.25) is 0 Å². The average Bonchev–Trinajstić information content (AvgIpc) is 2.02. The molecule has 4 heteroatoms. The SMILES string of the molecule is CNC(=O)c1c(C)nc(C)nc1C. The van der Waals surface area contributed by atoms with Crippen LogP contribution in [0.3, 0.4) is 0 Å². The van der Waals surface area contributed by atoms with Crippen LogP contribution in [0.4, 0.5) is 0 Å². The fraction of sp³-hybridized carbons (Fsp3) is 0.444. The van der Waals surface area contributed by atoms with Crippen LogP contribution >= 0.6 is 0 Å². The summed E-state index contributed by atoms with van der Waals surface area (Å²) < 4.78 is 0. The highest BCUT2D eigenvalue weighted by atomic mass is 16.1. The molecule has 1 amide bonds. The van der Waals surface area contributed by atoms with Gasteiger partial charge < -0.3 is 5.32 Å². The van der Waals surface area contributed by atoms with Crippen molar-refractivity contribution < 1.29 is 4.79 Å². The number of hydrogen-bond donors (Lipinski definition) is 1. The molecule has 70 valence electrons. The van der Waals surface area contributed by atoms with Gasteiger partial charge in [0, 0.05) is 7.05 Å². The Morgan fingerprint density at radius 1 is 1.15 bits per heavy atom. The molecule has 0 aromatic carbocycles. The summed E-state index contributed by atoms with van der Waals surface area (Å²) in [6, 6.07) is 0. The predicted molar refractivity (Wildman–Crippen MR) is 49.6 cm³/mol. The van der Waals surface area contributed by atoms with Gasteiger partial charge in [-0.1, -0.05) is 0 Å². The number of nitrogens with one attached hydrogen (secondary N) is 1. The molecule has 0 aliphatic heterocycles. The Bertz CT molecular complexity index is 324. The monoisotopic (exact) mass is 179 g/mol. The highest BCUT2D eigenvalue weighted by Gasteiger charge is 2.12. The van der Waals surface area contributed by atoms with E-state index in [0.29, 0.717) is 11.4 Å². The molecule has 1 aromatic heterocycles. The van der Waals surface area contributed by atoms with Crippen LogP contribution in [0.2, 0.25) is 0 Å². The molecule has 4 nitrogen and oxygen atoms in total. The van der Waals surface area contributed by atoms with Crippen molar-refractivity contribution in [2.24, 2.45) is 0 Å². The quantitative estimate of drug-likeness (QED) is 0.692. The molecule has 0 bridgehead atoms. The van der Waals surface area contributed by atoms with Crippen LogP contribution in [0.5, 0.6) is 0 Å². The maximum atomic E-state index is 11.4. The summed E-state index contributed by atoms with van der Waals surface area (Å²) in [4.78, 5) is 19.6. The average molecular weight is 179 g/mol. The van der Waals surface area contributed by atoms with Crippen molar-refractivity contribution in [3.8, 4) is 0 Å². The fourth-order valence-electron chi connectivity index (χ4n) is 1.34. The zero-order chi connectivity index (χ0) is 10.0. The van der Waals surface area contributed by atoms with Crippen LogP contribution in [0, 0.1) is 20.8 Å². The molecule has 13 heavy (non-hydrogen) atoms. The van der Waals surface area contributed by atoms with E-state index in [1.807, 2.05) is 20.8 Å². The van der Waals surface area contributed by atoms with Crippen molar-refractivity contribution in [2.45, 2.75) is 20.8 Å². The third kappa shape index (κ3) is 1.83. The summed E-state index contributed by atoms with van der Waals surface area (Å²) >= 11 is 0. The minimum atomic E-state index is -0.130. The Hall–Kier alpha value is -1.45. The standard InChI is InChI=1S/C9H13N3O/c1-5-8(9(13)10-4)6(2)12-7(3)11-5/h1-4H3,(H,10,13). The van der Waals surface area contributed by atoms with Gasteiger partial charge in [-0.05, 0) is 20.8 Å². The lowest BCUT2D eigenvalue weighted by Gasteiger charge is -2.07. The fourth-order valence-corrected chi connectivity index (χ4v) is 1.34. The van der Waals surface area contributed by atoms with E-state index in [9.17, 15) is 4.79 Å². The van der Waals surface area contributed by atoms with Crippen molar-refractivity contribution in [1.29, 1.82) is 0 Å². The van der Waals surface area contributed by atoms with Crippen LogP contribution in [-0.4, -0.2) is 22.9 Å². The van der Waals surface area contributed by atoms with Crippen molar-refractivity contribution in [3.05, 3.63) is 22.8 Å². The van der Waals surface area contributed by atoms with Crippen LogP contribution in [0.15, 0.2) is 0 Å². The van der Waals surface area contributed by atoms with Crippen molar-refractivity contribution in [2.75, 3.05) is 7.05 Å². The Morgan fingerprint density at radius 3 is 2.00 bits per heavy atom. The lowest BCUT2D eigenvalue weighted by molar-refractivity contribution is 0.0961. The van der Waals surface area contributed by atoms with E-state index in [1.165, 1.54) is 0 Å². The number of carbonyl (C=O) groups excluding carboxylic acids is 1. The highest BCUT2D eigenvalue weighted by Crippen LogP contribution is 2.09. The highest BCUT2D eigenvalue weighted by molar-refractivity contribution is 5.95. The first-order valence-electron chi connectivity index (χ1n) is 4.10. The maximum absolute atomic E-state index is 11.4. The molecule has 1 rings (SSSR count). The lowest BCUT2D eigenvalue weighted by atomic mass is 10.1. The molecule has 0 fully saturated rings. The van der Waals surface area contributed by atoms with E-state index in [1.54, 1.807) is 7.05 Å². The number of hydrogen-bond acceptors (Lipinski definition) is 3. The van der Waals surface area contributed by atoms with E-state index in [-0.39, 0.29) is 5.91 Å². The third-order valence-electron chi connectivity index (χ3n) is 1.84. The normalized spacial score (nSPS) is 9.85. The smallest absolute Gasteiger partial charge is 0.254 e. The summed E-state index contributed by atoms with van der Waals surface area (Å²) in [7, 11) is 1.60. The van der Waals surface area contributed by atoms with Gasteiger partial charge in [0.05, 0.1) is 17.0 Å². The van der Waals surface area contributed by atoms with E-state index < -0.39 is 0 Å². The summed E-state index contributed by atoms with van der Waals surface area (Å²) in [6.45, 7) is 5.44. The molecule has 0 radical (unpaired) electrons. The van der Waals surface area contributed by atoms with Gasteiger partial charge in [0.15, 0.2) is 0 Å². The zero-order valence-electron chi connectivity index (χ0n) is 8.30. The topological polar surface area (TPSA) is 54.9 Å². The Kier molecular flexibility index (Phi) is 2.60. The maximum Gasteiger partial charge on any atom is 0.254 e. The number of carbonyl (C=O) groups is 1. The first kappa shape index (κ1) is 9.64. The van der Waals surface area contributed by atoms with Gasteiger partial charge in [-0.15, -0.1) is 0 Å². The third-order valence-corrected chi connectivity index (χ3v) is 1.84. The molecule has 0 spiro atoms. The number of aryl methyl sites for hydroxylation is 3. The molecule has 1 aromatic rings. The van der Waals surface area contributed by atoms with E-state index in [4.69, 9.17) is 0 Å². The van der Waals surface area contributed by atoms with Gasteiger partial charge in [-0.2, -0.15) is 0 Å². The second-order valence-corrected chi connectivity index (χ2v) is 2.90. The molecule has 0 saturated heterocycles. The van der Waals surface area contributed by atoms with Crippen molar-refractivity contribution >= 4 is 5.91 Å². The van der Waals surface area contributed by atoms with E-state index in [0.717, 1.165) is 11.4 Å². The first-order valence-corrected chi connectivity index (χ1v) is 4.10. The van der Waals surface area contributed by atoms with Gasteiger partial charge in [-0.3, -0.25) is 4.79 Å². The molecule has 1 heterocycles. The predicted octanol–water partition coefficient (Wildman–Crippen LogP) is 0.761. The van der Waals surface area contributed by atoms with Crippen LogP contribution in [0.25, 0.3) is 0 Å². The molecule has 1 N–H and O–H groups in total. The van der Waals surface area contributed by atoms with Gasteiger partial charge in [0.1, 0.15) is 5.82 Å². The van der Waals surface area contributed by atoms with Crippen LogP contribution in [0.1, 0.15) is 27.6 Å². The van der Waals surface area contributed by atoms with Gasteiger partial charge in [0.25, 0.3) is 5.91 Å². The summed E-state index contributed by atoms with van der Waals surface area (Å²) in [5.41, 5.74) is 2.03. The minimum absolute atomic E-state index is 0.130. The molecule has 0 aliphatic carbocycles. The van der Waals surface area contributed by atoms with Gasteiger partial charge >= 0.3 is 0 Å². The molecule has 0 aliphatic rings. The molecule has 0 saturated carbocycles. The Morgan fingerprint density at radius 2 is 1.62 bits per heavy atom. The second kappa shape index (κ2) is 3.51. The van der Waals surface area contributed by atoms with Gasteiger partial charge in [-0.25, -0.2) is 9.97 Å². The van der Waals surface area contributed by atoms with E-state index in [2.05, 4.69) is 15.3 Å². The summed E-state index contributed by atoms with van der Waals surface area (Å²) in [5, 5.41) is 2.56. The number of amides is 1. The zero-order valence-corrected chi connectivity index (χ0v) is 8.30. The molecule has 0 atom stereocenters. The van der Waals surface area contributed by atoms with Crippen molar-refractivity contribution in [1.82, 2.24) is 15.3 Å². The summed E-state index contributed by atoms with van der Waals surface area (Å²) in [6.07, 6.45) is 0. The lowest BCUT2D eigenvalue weighted by Crippen LogP contribution is -2.21. The molecule has 0 unspecified atom stereocenters. The Balaban J connectivity index is 3.28.